The Labute approximate surface area is 220 Å². The number of nitriles is 1. The van der Waals surface area contributed by atoms with Crippen molar-refractivity contribution in [1.29, 1.82) is 5.26 Å². The molecule has 1 amide bonds. The topological polar surface area (TPSA) is 88.4 Å². The number of benzene rings is 2. The minimum atomic E-state index is -0.618. The molecular formula is C28H27ClN2O4S. The number of halogens is 1. The van der Waals surface area contributed by atoms with Gasteiger partial charge in [-0.05, 0) is 54.8 Å². The van der Waals surface area contributed by atoms with Crippen LogP contribution in [0, 0.1) is 11.3 Å². The van der Waals surface area contributed by atoms with Crippen LogP contribution in [0.2, 0.25) is 5.02 Å². The second kappa shape index (κ2) is 13.5. The lowest BCUT2D eigenvalue weighted by molar-refractivity contribution is -0.112. The van der Waals surface area contributed by atoms with Crippen LogP contribution in [0.5, 0.6) is 5.75 Å². The third-order valence-electron chi connectivity index (χ3n) is 5.23. The summed E-state index contributed by atoms with van der Waals surface area (Å²) in [5, 5.41) is 15.0. The first kappa shape index (κ1) is 27.0. The second-order valence-electron chi connectivity index (χ2n) is 7.83. The highest BCUT2D eigenvalue weighted by molar-refractivity contribution is 7.15. The van der Waals surface area contributed by atoms with Crippen molar-refractivity contribution in [3.63, 3.8) is 0 Å². The van der Waals surface area contributed by atoms with Crippen molar-refractivity contribution in [2.75, 3.05) is 18.5 Å². The Morgan fingerprint density at radius 2 is 1.81 bits per heavy atom. The number of amides is 1. The largest absolute Gasteiger partial charge is 0.494 e. The van der Waals surface area contributed by atoms with Gasteiger partial charge in [0.25, 0.3) is 5.91 Å². The summed E-state index contributed by atoms with van der Waals surface area (Å²) in [6.45, 7) is 4.68. The highest BCUT2D eigenvalue weighted by atomic mass is 35.5. The fourth-order valence-corrected chi connectivity index (χ4v) is 4.46. The van der Waals surface area contributed by atoms with E-state index in [0.717, 1.165) is 30.6 Å². The summed E-state index contributed by atoms with van der Waals surface area (Å²) in [6.07, 6.45) is 4.73. The highest BCUT2D eigenvalue weighted by Crippen LogP contribution is 2.37. The number of carbonyl (C=O) groups excluding carboxylic acids is 2. The van der Waals surface area contributed by atoms with Gasteiger partial charge in [0.2, 0.25) is 0 Å². The summed E-state index contributed by atoms with van der Waals surface area (Å²) in [6, 6.07) is 16.1. The van der Waals surface area contributed by atoms with Gasteiger partial charge in [0.1, 0.15) is 28.0 Å². The maximum atomic E-state index is 13.0. The summed E-state index contributed by atoms with van der Waals surface area (Å²) in [5.74, 6) is -0.443. The van der Waals surface area contributed by atoms with E-state index in [2.05, 4.69) is 12.2 Å². The summed E-state index contributed by atoms with van der Waals surface area (Å²) in [5.41, 5.74) is 2.19. The number of ether oxygens (including phenoxy) is 2. The molecule has 0 spiro atoms. The van der Waals surface area contributed by atoms with Gasteiger partial charge in [-0.2, -0.15) is 5.26 Å². The van der Waals surface area contributed by atoms with Crippen molar-refractivity contribution in [2.24, 2.45) is 0 Å². The first-order valence-corrected chi connectivity index (χ1v) is 12.9. The molecule has 3 rings (SSSR count). The minimum Gasteiger partial charge on any atom is -0.494 e. The third kappa shape index (κ3) is 7.20. The average Bonchev–Trinajstić information content (AvgIpc) is 3.30. The zero-order chi connectivity index (χ0) is 25.9. The standard InChI is InChI=1S/C28H27ClN2O4S/c1-3-5-6-15-35-23-13-7-19(8-14-23)16-21(17-30)26(32)31-27-25(28(33)34-4-2)24(18-36-27)20-9-11-22(29)12-10-20/h7-14,16,18H,3-6,15H2,1-2H3,(H,31,32). The van der Waals surface area contributed by atoms with Gasteiger partial charge in [-0.1, -0.05) is 55.6 Å². The van der Waals surface area contributed by atoms with E-state index in [4.69, 9.17) is 21.1 Å². The van der Waals surface area contributed by atoms with Gasteiger partial charge >= 0.3 is 5.97 Å². The van der Waals surface area contributed by atoms with Crippen LogP contribution >= 0.6 is 22.9 Å². The number of nitrogens with zero attached hydrogens (tertiary/aromatic N) is 1. The van der Waals surface area contributed by atoms with E-state index in [1.807, 2.05) is 6.07 Å². The average molecular weight is 523 g/mol. The van der Waals surface area contributed by atoms with Gasteiger partial charge in [0.15, 0.2) is 0 Å². The highest BCUT2D eigenvalue weighted by Gasteiger charge is 2.23. The molecular weight excluding hydrogens is 496 g/mol. The predicted octanol–water partition coefficient (Wildman–Crippen LogP) is 7.36. The van der Waals surface area contributed by atoms with Crippen LogP contribution in [-0.4, -0.2) is 25.1 Å². The number of hydrogen-bond donors (Lipinski definition) is 1. The van der Waals surface area contributed by atoms with E-state index in [1.54, 1.807) is 60.8 Å². The smallest absolute Gasteiger partial charge is 0.341 e. The van der Waals surface area contributed by atoms with Crippen molar-refractivity contribution >= 4 is 45.9 Å². The fourth-order valence-electron chi connectivity index (χ4n) is 3.39. The molecule has 0 radical (unpaired) electrons. The number of nitrogens with one attached hydrogen (secondary N) is 1. The van der Waals surface area contributed by atoms with Crippen molar-refractivity contribution in [3.8, 4) is 22.9 Å². The van der Waals surface area contributed by atoms with Crippen LogP contribution in [0.4, 0.5) is 5.00 Å². The van der Waals surface area contributed by atoms with E-state index in [0.29, 0.717) is 27.8 Å². The van der Waals surface area contributed by atoms with Crippen LogP contribution in [0.15, 0.2) is 59.5 Å². The molecule has 36 heavy (non-hydrogen) atoms. The number of rotatable bonds is 11. The quantitative estimate of drug-likeness (QED) is 0.123. The van der Waals surface area contributed by atoms with E-state index < -0.39 is 11.9 Å². The fraction of sp³-hybridized carbons (Fsp3) is 0.250. The Balaban J connectivity index is 1.80. The molecule has 8 heteroatoms. The Hall–Kier alpha value is -3.60. The molecule has 0 fully saturated rings. The van der Waals surface area contributed by atoms with Gasteiger partial charge in [0, 0.05) is 16.0 Å². The zero-order valence-corrected chi connectivity index (χ0v) is 21.7. The minimum absolute atomic E-state index is 0.0946. The molecule has 2 aromatic carbocycles. The lowest BCUT2D eigenvalue weighted by Crippen LogP contribution is -2.16. The maximum absolute atomic E-state index is 13.0. The summed E-state index contributed by atoms with van der Waals surface area (Å²) in [7, 11) is 0. The summed E-state index contributed by atoms with van der Waals surface area (Å²) < 4.78 is 10.9. The lowest BCUT2D eigenvalue weighted by atomic mass is 10.0. The maximum Gasteiger partial charge on any atom is 0.341 e. The van der Waals surface area contributed by atoms with Crippen molar-refractivity contribution in [3.05, 3.63) is 75.6 Å². The van der Waals surface area contributed by atoms with E-state index in [9.17, 15) is 14.9 Å². The normalized spacial score (nSPS) is 11.0. The Morgan fingerprint density at radius 3 is 2.44 bits per heavy atom. The molecule has 6 nitrogen and oxygen atoms in total. The van der Waals surface area contributed by atoms with Crippen LogP contribution in [-0.2, 0) is 9.53 Å². The van der Waals surface area contributed by atoms with E-state index >= 15 is 0 Å². The van der Waals surface area contributed by atoms with Crippen molar-refractivity contribution in [1.82, 2.24) is 0 Å². The Bertz CT molecular complexity index is 1260. The van der Waals surface area contributed by atoms with Crippen molar-refractivity contribution in [2.45, 2.75) is 33.1 Å². The number of thiophene rings is 1. The molecule has 0 aliphatic carbocycles. The molecule has 0 aliphatic heterocycles. The first-order chi connectivity index (χ1) is 17.5. The third-order valence-corrected chi connectivity index (χ3v) is 6.37. The molecule has 1 N–H and O–H groups in total. The molecule has 0 saturated heterocycles. The predicted molar refractivity (Wildman–Crippen MR) is 144 cm³/mol. The monoisotopic (exact) mass is 522 g/mol. The van der Waals surface area contributed by atoms with Gasteiger partial charge in [-0.3, -0.25) is 4.79 Å². The number of hydrogen-bond acceptors (Lipinski definition) is 6. The molecule has 0 unspecified atom stereocenters. The Kier molecular flexibility index (Phi) is 10.1. The number of carbonyl (C=O) groups is 2. The van der Waals surface area contributed by atoms with Crippen LogP contribution < -0.4 is 10.1 Å². The molecule has 0 bridgehead atoms. The first-order valence-electron chi connectivity index (χ1n) is 11.7. The van der Waals surface area contributed by atoms with E-state index in [1.165, 1.54) is 17.4 Å². The molecule has 0 atom stereocenters. The molecule has 1 aromatic heterocycles. The number of unbranched alkanes of at least 4 members (excludes halogenated alkanes) is 2. The van der Waals surface area contributed by atoms with Crippen molar-refractivity contribution < 1.29 is 19.1 Å². The Morgan fingerprint density at radius 1 is 1.08 bits per heavy atom. The van der Waals surface area contributed by atoms with Crippen LogP contribution in [0.1, 0.15) is 49.0 Å². The molecule has 186 valence electrons. The lowest BCUT2D eigenvalue weighted by Gasteiger charge is -2.09. The van der Waals surface area contributed by atoms with Gasteiger partial charge in [0.05, 0.1) is 13.2 Å². The van der Waals surface area contributed by atoms with Gasteiger partial charge in [-0.25, -0.2) is 4.79 Å². The van der Waals surface area contributed by atoms with Crippen LogP contribution in [0.25, 0.3) is 17.2 Å². The zero-order valence-electron chi connectivity index (χ0n) is 20.2. The summed E-state index contributed by atoms with van der Waals surface area (Å²) >= 11 is 7.18. The molecule has 0 aliphatic rings. The second-order valence-corrected chi connectivity index (χ2v) is 9.15. The number of esters is 1. The van der Waals surface area contributed by atoms with Crippen LogP contribution in [0.3, 0.4) is 0 Å². The summed E-state index contributed by atoms with van der Waals surface area (Å²) in [4.78, 5) is 25.7. The van der Waals surface area contributed by atoms with Gasteiger partial charge < -0.3 is 14.8 Å². The SMILES string of the molecule is CCCCCOc1ccc(C=C(C#N)C(=O)Nc2scc(-c3ccc(Cl)cc3)c2C(=O)OCC)cc1. The van der Waals surface area contributed by atoms with Gasteiger partial charge in [-0.15, -0.1) is 11.3 Å². The number of anilines is 1. The van der Waals surface area contributed by atoms with E-state index in [-0.39, 0.29) is 17.7 Å². The molecule has 3 aromatic rings. The molecule has 1 heterocycles. The molecule has 0 saturated carbocycles.